The third-order valence-electron chi connectivity index (χ3n) is 6.64. The molecule has 5 aliphatic rings. The van der Waals surface area contributed by atoms with Gasteiger partial charge in [0.2, 0.25) is 0 Å². The Labute approximate surface area is 132 Å². The number of hydrogen-bond acceptors (Lipinski definition) is 4. The third kappa shape index (κ3) is 2.29. The molecular weight excluding hydrogens is 274 g/mol. The largest absolute Gasteiger partial charge is 0.298 e. The molecule has 5 saturated carbocycles. The van der Waals surface area contributed by atoms with Gasteiger partial charge < -0.3 is 0 Å². The van der Waals surface area contributed by atoms with Gasteiger partial charge in [0, 0.05) is 6.54 Å². The highest BCUT2D eigenvalue weighted by molar-refractivity contribution is 5.02. The van der Waals surface area contributed by atoms with E-state index in [1.54, 1.807) is 0 Å². The molecule has 0 saturated heterocycles. The predicted molar refractivity (Wildman–Crippen MR) is 83.0 cm³/mol. The molecule has 0 aromatic carbocycles. The highest BCUT2D eigenvalue weighted by Crippen LogP contribution is 2.60. The Bertz CT molecular complexity index is 526. The molecule has 5 aliphatic carbocycles. The summed E-state index contributed by atoms with van der Waals surface area (Å²) >= 11 is 0. The highest BCUT2D eigenvalue weighted by Gasteiger charge is 2.51. The minimum Gasteiger partial charge on any atom is -0.298 e. The van der Waals surface area contributed by atoms with Crippen molar-refractivity contribution in [2.45, 2.75) is 64.0 Å². The van der Waals surface area contributed by atoms with Crippen molar-refractivity contribution in [2.24, 2.45) is 23.2 Å². The first-order chi connectivity index (χ1) is 10.7. The summed E-state index contributed by atoms with van der Waals surface area (Å²) in [6.45, 7) is 2.15. The van der Waals surface area contributed by atoms with Crippen LogP contribution in [0.5, 0.6) is 0 Å². The molecule has 0 radical (unpaired) electrons. The van der Waals surface area contributed by atoms with Crippen LogP contribution in [0.4, 0.5) is 0 Å². The molecule has 0 unspecified atom stereocenters. The lowest BCUT2D eigenvalue weighted by molar-refractivity contribution is -0.0673. The van der Waals surface area contributed by atoms with Crippen LogP contribution in [-0.2, 0) is 6.54 Å². The van der Waals surface area contributed by atoms with Crippen LogP contribution in [0.3, 0.4) is 0 Å². The molecule has 4 bridgehead atoms. The van der Waals surface area contributed by atoms with Crippen LogP contribution in [0.25, 0.3) is 0 Å². The summed E-state index contributed by atoms with van der Waals surface area (Å²) in [6, 6.07) is 0.581. The lowest BCUT2D eigenvalue weighted by atomic mass is 9.49. The summed E-state index contributed by atoms with van der Waals surface area (Å²) < 4.78 is 2.07. The van der Waals surface area contributed by atoms with E-state index in [-0.39, 0.29) is 0 Å². The van der Waals surface area contributed by atoms with Gasteiger partial charge in [-0.1, -0.05) is 0 Å². The minimum atomic E-state index is 0.581. The normalized spacial score (nSPS) is 39.8. The Kier molecular flexibility index (Phi) is 2.91. The van der Waals surface area contributed by atoms with Crippen LogP contribution in [0, 0.1) is 23.2 Å². The van der Waals surface area contributed by atoms with Crippen LogP contribution in [0.2, 0.25) is 0 Å². The molecule has 1 heterocycles. The van der Waals surface area contributed by atoms with Crippen molar-refractivity contribution in [3.63, 3.8) is 0 Å². The summed E-state index contributed by atoms with van der Waals surface area (Å²) in [5.74, 6) is 4.18. The molecule has 0 spiro atoms. The lowest BCUT2D eigenvalue weighted by Crippen LogP contribution is -2.50. The minimum absolute atomic E-state index is 0.581. The monoisotopic (exact) mass is 301 g/mol. The molecule has 0 N–H and O–H groups in total. The molecule has 5 fully saturated rings. The van der Waals surface area contributed by atoms with Gasteiger partial charge in [-0.2, -0.15) is 0 Å². The third-order valence-corrected chi connectivity index (χ3v) is 6.64. The van der Waals surface area contributed by atoms with E-state index < -0.39 is 0 Å². The SMILES string of the molecule is CN(Cc1nnnn1C1CC1)CC12CC3CC(CC(C3)C1)C2. The van der Waals surface area contributed by atoms with E-state index in [1.807, 2.05) is 0 Å². The van der Waals surface area contributed by atoms with Gasteiger partial charge in [-0.15, -0.1) is 5.10 Å². The Morgan fingerprint density at radius 3 is 2.32 bits per heavy atom. The summed E-state index contributed by atoms with van der Waals surface area (Å²) in [6.07, 6.45) is 11.5. The molecule has 6 rings (SSSR count). The van der Waals surface area contributed by atoms with Gasteiger partial charge in [0.1, 0.15) is 0 Å². The maximum atomic E-state index is 4.27. The molecule has 22 heavy (non-hydrogen) atoms. The summed E-state index contributed by atoms with van der Waals surface area (Å²) in [7, 11) is 2.27. The van der Waals surface area contributed by atoms with Crippen molar-refractivity contribution in [1.29, 1.82) is 0 Å². The molecule has 0 atom stereocenters. The maximum absolute atomic E-state index is 4.27. The van der Waals surface area contributed by atoms with E-state index in [2.05, 4.69) is 32.2 Å². The van der Waals surface area contributed by atoms with Crippen LogP contribution in [0.15, 0.2) is 0 Å². The molecule has 120 valence electrons. The van der Waals surface area contributed by atoms with Crippen molar-refractivity contribution in [3.8, 4) is 0 Å². The molecule has 5 nitrogen and oxygen atoms in total. The Balaban J connectivity index is 1.28. The predicted octanol–water partition coefficient (Wildman–Crippen LogP) is 2.66. The topological polar surface area (TPSA) is 46.8 Å². The van der Waals surface area contributed by atoms with E-state index in [1.165, 1.54) is 57.9 Å². The van der Waals surface area contributed by atoms with Crippen LogP contribution in [0.1, 0.15) is 63.2 Å². The average molecular weight is 301 g/mol. The zero-order valence-electron chi connectivity index (χ0n) is 13.6. The first-order valence-corrected chi connectivity index (χ1v) is 9.14. The molecule has 0 aliphatic heterocycles. The number of rotatable bonds is 5. The van der Waals surface area contributed by atoms with Gasteiger partial charge in [0.05, 0.1) is 12.6 Å². The van der Waals surface area contributed by atoms with Gasteiger partial charge in [-0.25, -0.2) is 4.68 Å². The number of hydrogen-bond donors (Lipinski definition) is 0. The molecule has 5 heteroatoms. The standard InChI is InChI=1S/C17H27N5/c1-21(10-16-18-19-20-22(16)15-2-3-15)11-17-7-12-4-13(8-17)6-14(5-12)9-17/h12-15H,2-11H2,1H3. The van der Waals surface area contributed by atoms with E-state index in [0.29, 0.717) is 11.5 Å². The second-order valence-electron chi connectivity index (χ2n) is 8.86. The number of tetrazole rings is 1. The Morgan fingerprint density at radius 1 is 1.09 bits per heavy atom. The second kappa shape index (κ2) is 4.76. The highest BCUT2D eigenvalue weighted by atomic mass is 15.6. The van der Waals surface area contributed by atoms with Gasteiger partial charge in [-0.05, 0) is 92.0 Å². The average Bonchev–Trinajstić information content (AvgIpc) is 3.17. The van der Waals surface area contributed by atoms with Crippen LogP contribution >= 0.6 is 0 Å². The van der Waals surface area contributed by atoms with Crippen LogP contribution in [-0.4, -0.2) is 38.7 Å². The summed E-state index contributed by atoms with van der Waals surface area (Å²) in [5.41, 5.74) is 0.612. The molecule has 1 aromatic rings. The van der Waals surface area contributed by atoms with Crippen LogP contribution < -0.4 is 0 Å². The molecule has 0 amide bonds. The van der Waals surface area contributed by atoms with Crippen molar-refractivity contribution in [3.05, 3.63) is 5.82 Å². The van der Waals surface area contributed by atoms with Gasteiger partial charge in [-0.3, -0.25) is 4.90 Å². The van der Waals surface area contributed by atoms with E-state index in [4.69, 9.17) is 0 Å². The first kappa shape index (κ1) is 13.5. The fourth-order valence-corrected chi connectivity index (χ4v) is 6.27. The van der Waals surface area contributed by atoms with Gasteiger partial charge >= 0.3 is 0 Å². The fraction of sp³-hybridized carbons (Fsp3) is 0.941. The van der Waals surface area contributed by atoms with Gasteiger partial charge in [0.15, 0.2) is 5.82 Å². The Morgan fingerprint density at radius 2 is 1.73 bits per heavy atom. The quantitative estimate of drug-likeness (QED) is 0.839. The Hall–Kier alpha value is -0.970. The smallest absolute Gasteiger partial charge is 0.165 e. The van der Waals surface area contributed by atoms with Crippen molar-refractivity contribution >= 4 is 0 Å². The summed E-state index contributed by atoms with van der Waals surface area (Å²) in [4.78, 5) is 2.50. The van der Waals surface area contributed by atoms with E-state index in [9.17, 15) is 0 Å². The molecular formula is C17H27N5. The van der Waals surface area contributed by atoms with Gasteiger partial charge in [0.25, 0.3) is 0 Å². The first-order valence-electron chi connectivity index (χ1n) is 9.14. The number of aromatic nitrogens is 4. The second-order valence-corrected chi connectivity index (χ2v) is 8.86. The van der Waals surface area contributed by atoms with E-state index in [0.717, 1.165) is 30.1 Å². The number of nitrogens with zero attached hydrogens (tertiary/aromatic N) is 5. The zero-order chi connectivity index (χ0) is 14.7. The van der Waals surface area contributed by atoms with E-state index >= 15 is 0 Å². The van der Waals surface area contributed by atoms with Crippen molar-refractivity contribution in [2.75, 3.05) is 13.6 Å². The maximum Gasteiger partial charge on any atom is 0.165 e. The lowest BCUT2D eigenvalue weighted by Gasteiger charge is -2.57. The van der Waals surface area contributed by atoms with Crippen molar-refractivity contribution < 1.29 is 0 Å². The fourth-order valence-electron chi connectivity index (χ4n) is 6.27. The molecule has 1 aromatic heterocycles. The zero-order valence-corrected chi connectivity index (χ0v) is 13.6. The van der Waals surface area contributed by atoms with Crippen molar-refractivity contribution in [1.82, 2.24) is 25.1 Å². The summed E-state index contributed by atoms with van der Waals surface area (Å²) in [5, 5.41) is 12.4.